The molecule has 0 saturated carbocycles. The number of hydrogen-bond donors (Lipinski definition) is 1. The molecule has 1 unspecified atom stereocenters. The van der Waals surface area contributed by atoms with Gasteiger partial charge in [-0.3, -0.25) is 9.69 Å². The normalized spacial score (nSPS) is 21.7. The summed E-state index contributed by atoms with van der Waals surface area (Å²) in [5.41, 5.74) is 0. The zero-order valence-electron chi connectivity index (χ0n) is 11.4. The monoisotopic (exact) mass is 294 g/mol. The van der Waals surface area contributed by atoms with Gasteiger partial charge in [-0.1, -0.05) is 6.92 Å². The van der Waals surface area contributed by atoms with Crippen LogP contribution in [0.25, 0.3) is 0 Å². The summed E-state index contributed by atoms with van der Waals surface area (Å²) >= 11 is 0. The molecule has 1 saturated heterocycles. The number of carboxylic acids is 1. The molecule has 19 heavy (non-hydrogen) atoms. The highest BCUT2D eigenvalue weighted by Crippen LogP contribution is 2.09. The van der Waals surface area contributed by atoms with E-state index in [1.807, 2.05) is 0 Å². The van der Waals surface area contributed by atoms with Crippen molar-refractivity contribution in [3.05, 3.63) is 0 Å². The number of sulfonamides is 1. The molecule has 0 aromatic carbocycles. The molecule has 0 aliphatic carbocycles. The third-order valence-electron chi connectivity index (χ3n) is 2.95. The Morgan fingerprint density at radius 3 is 2.74 bits per heavy atom. The van der Waals surface area contributed by atoms with E-state index in [4.69, 9.17) is 9.84 Å². The van der Waals surface area contributed by atoms with Gasteiger partial charge in [-0.15, -0.1) is 0 Å². The lowest BCUT2D eigenvalue weighted by Crippen LogP contribution is -2.49. The summed E-state index contributed by atoms with van der Waals surface area (Å²) in [6, 6.07) is 0. The van der Waals surface area contributed by atoms with E-state index >= 15 is 0 Å². The molecule has 0 bridgehead atoms. The third-order valence-corrected chi connectivity index (χ3v) is 4.17. The average Bonchev–Trinajstić information content (AvgIpc) is 2.27. The predicted octanol–water partition coefficient (Wildman–Crippen LogP) is -0.557. The number of aliphatic carboxylic acids is 1. The fraction of sp³-hybridized carbons (Fsp3) is 0.909. The molecule has 1 N–H and O–H groups in total. The van der Waals surface area contributed by atoms with Crippen LogP contribution in [-0.2, 0) is 19.6 Å². The van der Waals surface area contributed by atoms with E-state index < -0.39 is 22.5 Å². The van der Waals surface area contributed by atoms with Gasteiger partial charge in [0.1, 0.15) is 6.54 Å². The van der Waals surface area contributed by atoms with Gasteiger partial charge in [-0.2, -0.15) is 4.31 Å². The van der Waals surface area contributed by atoms with Gasteiger partial charge in [0.15, 0.2) is 0 Å². The van der Waals surface area contributed by atoms with E-state index in [0.717, 1.165) is 30.1 Å². The highest BCUT2D eigenvalue weighted by Gasteiger charge is 2.27. The molecule has 0 amide bonds. The Hall–Kier alpha value is -0.700. The Labute approximate surface area is 114 Å². The molecule has 1 atom stereocenters. The average molecular weight is 294 g/mol. The van der Waals surface area contributed by atoms with Crippen LogP contribution in [0.2, 0.25) is 0 Å². The zero-order valence-corrected chi connectivity index (χ0v) is 12.2. The van der Waals surface area contributed by atoms with E-state index in [2.05, 4.69) is 11.8 Å². The van der Waals surface area contributed by atoms with Gasteiger partial charge in [0.05, 0.1) is 19.0 Å². The highest BCUT2D eigenvalue weighted by molar-refractivity contribution is 7.88. The number of hydrogen-bond acceptors (Lipinski definition) is 5. The van der Waals surface area contributed by atoms with Gasteiger partial charge in [0.25, 0.3) is 0 Å². The summed E-state index contributed by atoms with van der Waals surface area (Å²) in [6.45, 7) is 4.62. The van der Waals surface area contributed by atoms with Crippen molar-refractivity contribution in [3.63, 3.8) is 0 Å². The summed E-state index contributed by atoms with van der Waals surface area (Å²) < 4.78 is 29.6. The molecule has 1 fully saturated rings. The van der Waals surface area contributed by atoms with Crippen molar-refractivity contribution in [2.45, 2.75) is 19.4 Å². The maximum atomic E-state index is 11.5. The lowest BCUT2D eigenvalue weighted by molar-refractivity contribution is -0.137. The van der Waals surface area contributed by atoms with Crippen molar-refractivity contribution >= 4 is 16.0 Å². The van der Waals surface area contributed by atoms with Crippen molar-refractivity contribution in [3.8, 4) is 0 Å². The van der Waals surface area contributed by atoms with E-state index in [0.29, 0.717) is 13.2 Å². The molecular weight excluding hydrogens is 272 g/mol. The molecule has 1 rings (SSSR count). The number of rotatable bonds is 7. The maximum Gasteiger partial charge on any atom is 0.318 e. The molecule has 1 heterocycles. The fourth-order valence-corrected chi connectivity index (χ4v) is 2.89. The van der Waals surface area contributed by atoms with Gasteiger partial charge in [0, 0.05) is 19.6 Å². The minimum atomic E-state index is -3.54. The number of ether oxygens (including phenoxy) is 1. The molecule has 0 aromatic heterocycles. The second kappa shape index (κ2) is 7.18. The SMILES string of the molecule is CCCN1CCOC(CN(CC(=O)O)S(C)(=O)=O)C1. The summed E-state index contributed by atoms with van der Waals surface area (Å²) in [7, 11) is -3.54. The van der Waals surface area contributed by atoms with Gasteiger partial charge < -0.3 is 9.84 Å². The van der Waals surface area contributed by atoms with Crippen LogP contribution in [0.1, 0.15) is 13.3 Å². The van der Waals surface area contributed by atoms with Crippen LogP contribution in [0, 0.1) is 0 Å². The molecule has 7 nitrogen and oxygen atoms in total. The Morgan fingerprint density at radius 2 is 2.21 bits per heavy atom. The van der Waals surface area contributed by atoms with Crippen molar-refractivity contribution in [1.82, 2.24) is 9.21 Å². The van der Waals surface area contributed by atoms with Gasteiger partial charge in [-0.25, -0.2) is 8.42 Å². The molecule has 0 spiro atoms. The van der Waals surface area contributed by atoms with Gasteiger partial charge >= 0.3 is 5.97 Å². The predicted molar refractivity (Wildman–Crippen MR) is 70.5 cm³/mol. The number of morpholine rings is 1. The smallest absolute Gasteiger partial charge is 0.318 e. The van der Waals surface area contributed by atoms with E-state index in [1.165, 1.54) is 0 Å². The molecule has 1 aliphatic rings. The number of nitrogens with zero attached hydrogens (tertiary/aromatic N) is 2. The molecule has 0 aromatic rings. The van der Waals surface area contributed by atoms with Crippen LogP contribution in [0.3, 0.4) is 0 Å². The van der Waals surface area contributed by atoms with Crippen LogP contribution < -0.4 is 0 Å². The second-order valence-corrected chi connectivity index (χ2v) is 6.73. The standard InChI is InChI=1S/C11H22N2O5S/c1-3-4-12-5-6-18-10(7-12)8-13(9-11(14)15)19(2,16)17/h10H,3-9H2,1-2H3,(H,14,15). The van der Waals surface area contributed by atoms with Crippen molar-refractivity contribution in [2.75, 3.05) is 45.6 Å². The first-order chi connectivity index (χ1) is 8.82. The first-order valence-corrected chi connectivity index (χ1v) is 8.18. The van der Waals surface area contributed by atoms with Crippen molar-refractivity contribution in [2.24, 2.45) is 0 Å². The Bertz CT molecular complexity index is 396. The van der Waals surface area contributed by atoms with Crippen LogP contribution in [0.5, 0.6) is 0 Å². The quantitative estimate of drug-likeness (QED) is 0.677. The Morgan fingerprint density at radius 1 is 1.53 bits per heavy atom. The lowest BCUT2D eigenvalue weighted by atomic mass is 10.2. The van der Waals surface area contributed by atoms with E-state index in [1.54, 1.807) is 0 Å². The van der Waals surface area contributed by atoms with Crippen LogP contribution >= 0.6 is 0 Å². The Balaban J connectivity index is 2.60. The maximum absolute atomic E-state index is 11.5. The molecule has 0 radical (unpaired) electrons. The van der Waals surface area contributed by atoms with Crippen LogP contribution in [0.15, 0.2) is 0 Å². The lowest BCUT2D eigenvalue weighted by Gasteiger charge is -2.34. The minimum Gasteiger partial charge on any atom is -0.480 e. The second-order valence-electron chi connectivity index (χ2n) is 4.74. The van der Waals surface area contributed by atoms with Gasteiger partial charge in [-0.05, 0) is 13.0 Å². The molecule has 112 valence electrons. The summed E-state index contributed by atoms with van der Waals surface area (Å²) in [5.74, 6) is -1.16. The van der Waals surface area contributed by atoms with E-state index in [9.17, 15) is 13.2 Å². The fourth-order valence-electron chi connectivity index (χ4n) is 2.11. The number of carboxylic acid groups (broad SMARTS) is 1. The third kappa shape index (κ3) is 5.85. The first kappa shape index (κ1) is 16.4. The van der Waals surface area contributed by atoms with Crippen molar-refractivity contribution in [1.29, 1.82) is 0 Å². The molecule has 1 aliphatic heterocycles. The Kier molecular flexibility index (Phi) is 6.18. The topological polar surface area (TPSA) is 87.2 Å². The highest BCUT2D eigenvalue weighted by atomic mass is 32.2. The van der Waals surface area contributed by atoms with E-state index in [-0.39, 0.29) is 12.6 Å². The van der Waals surface area contributed by atoms with Crippen LogP contribution in [-0.4, -0.2) is 80.4 Å². The summed E-state index contributed by atoms with van der Waals surface area (Å²) in [5, 5.41) is 8.76. The summed E-state index contributed by atoms with van der Waals surface area (Å²) in [6.07, 6.45) is 1.77. The summed E-state index contributed by atoms with van der Waals surface area (Å²) in [4.78, 5) is 12.9. The number of carbonyl (C=O) groups is 1. The zero-order chi connectivity index (χ0) is 14.5. The molecule has 8 heteroatoms. The van der Waals surface area contributed by atoms with Crippen molar-refractivity contribution < 1.29 is 23.1 Å². The largest absolute Gasteiger partial charge is 0.480 e. The minimum absolute atomic E-state index is 0.0886. The first-order valence-electron chi connectivity index (χ1n) is 6.33. The van der Waals surface area contributed by atoms with Gasteiger partial charge in [0.2, 0.25) is 10.0 Å². The molecular formula is C11H22N2O5S. The van der Waals surface area contributed by atoms with Crippen LogP contribution in [0.4, 0.5) is 0 Å².